The Kier molecular flexibility index (Phi) is 5.37. The lowest BCUT2D eigenvalue weighted by atomic mass is 10.1. The molecule has 4 rings (SSSR count). The van der Waals surface area contributed by atoms with Gasteiger partial charge in [-0.1, -0.05) is 30.3 Å². The zero-order valence-corrected chi connectivity index (χ0v) is 16.3. The number of carbonyl (C=O) groups excluding carboxylic acids is 1. The highest BCUT2D eigenvalue weighted by Crippen LogP contribution is 2.19. The molecular formula is C22H23N5O2. The minimum absolute atomic E-state index is 0.167. The van der Waals surface area contributed by atoms with Gasteiger partial charge in [0, 0.05) is 31.2 Å². The van der Waals surface area contributed by atoms with E-state index < -0.39 is 5.91 Å². The van der Waals surface area contributed by atoms with Gasteiger partial charge in [0.15, 0.2) is 5.69 Å². The van der Waals surface area contributed by atoms with E-state index >= 15 is 0 Å². The lowest BCUT2D eigenvalue weighted by molar-refractivity contribution is 0.0950. The van der Waals surface area contributed by atoms with Crippen LogP contribution in [0, 0.1) is 0 Å². The SMILES string of the molecule is Cn1nc(C(=O)N/N=C\c2ccc(N3CCCCC3)cc2)c2ccccc2c1=O. The number of aromatic nitrogens is 2. The molecule has 0 unspecified atom stereocenters. The predicted octanol–water partition coefficient (Wildman–Crippen LogP) is 2.69. The van der Waals surface area contributed by atoms with Crippen molar-refractivity contribution in [1.29, 1.82) is 0 Å². The van der Waals surface area contributed by atoms with Crippen LogP contribution >= 0.6 is 0 Å². The van der Waals surface area contributed by atoms with Crippen LogP contribution in [-0.4, -0.2) is 35.0 Å². The molecule has 2 aromatic carbocycles. The van der Waals surface area contributed by atoms with Crippen LogP contribution in [-0.2, 0) is 7.05 Å². The number of nitrogens with one attached hydrogen (secondary N) is 1. The van der Waals surface area contributed by atoms with Crippen molar-refractivity contribution in [3.8, 4) is 0 Å². The number of benzene rings is 2. The Morgan fingerprint density at radius 1 is 1.03 bits per heavy atom. The van der Waals surface area contributed by atoms with Crippen LogP contribution in [0.4, 0.5) is 5.69 Å². The van der Waals surface area contributed by atoms with Crippen LogP contribution in [0.25, 0.3) is 10.8 Å². The zero-order chi connectivity index (χ0) is 20.2. The number of fused-ring (bicyclic) bond motifs is 1. The van der Waals surface area contributed by atoms with Crippen molar-refractivity contribution in [1.82, 2.24) is 15.2 Å². The maximum absolute atomic E-state index is 12.6. The molecule has 1 fully saturated rings. The van der Waals surface area contributed by atoms with Gasteiger partial charge in [-0.3, -0.25) is 9.59 Å². The van der Waals surface area contributed by atoms with E-state index in [1.165, 1.54) is 36.7 Å². The lowest BCUT2D eigenvalue weighted by Crippen LogP contribution is -2.29. The number of hydrogen-bond donors (Lipinski definition) is 1. The lowest BCUT2D eigenvalue weighted by Gasteiger charge is -2.28. The molecule has 148 valence electrons. The molecule has 7 heteroatoms. The molecule has 0 radical (unpaired) electrons. The fraction of sp³-hybridized carbons (Fsp3) is 0.273. The topological polar surface area (TPSA) is 79.6 Å². The molecule has 0 spiro atoms. The van der Waals surface area contributed by atoms with Crippen molar-refractivity contribution in [2.24, 2.45) is 12.1 Å². The summed E-state index contributed by atoms with van der Waals surface area (Å²) in [7, 11) is 1.53. The third-order valence-electron chi connectivity index (χ3n) is 5.17. The molecule has 0 bridgehead atoms. The van der Waals surface area contributed by atoms with Crippen molar-refractivity contribution in [2.45, 2.75) is 19.3 Å². The summed E-state index contributed by atoms with van der Waals surface area (Å²) < 4.78 is 1.17. The Morgan fingerprint density at radius 3 is 2.45 bits per heavy atom. The van der Waals surface area contributed by atoms with Gasteiger partial charge in [0.25, 0.3) is 11.5 Å². The molecule has 1 aromatic heterocycles. The number of anilines is 1. The Bertz CT molecular complexity index is 1110. The van der Waals surface area contributed by atoms with Crippen LogP contribution in [0.5, 0.6) is 0 Å². The number of hydrogen-bond acceptors (Lipinski definition) is 5. The molecule has 1 aliphatic heterocycles. The van der Waals surface area contributed by atoms with Crippen LogP contribution < -0.4 is 15.9 Å². The fourth-order valence-corrected chi connectivity index (χ4v) is 3.61. The molecule has 7 nitrogen and oxygen atoms in total. The highest BCUT2D eigenvalue weighted by Gasteiger charge is 2.15. The average Bonchev–Trinajstić information content (AvgIpc) is 2.77. The van der Waals surface area contributed by atoms with Crippen LogP contribution in [0.2, 0.25) is 0 Å². The van der Waals surface area contributed by atoms with Gasteiger partial charge in [0.05, 0.1) is 11.6 Å². The molecule has 29 heavy (non-hydrogen) atoms. The minimum Gasteiger partial charge on any atom is -0.372 e. The maximum Gasteiger partial charge on any atom is 0.292 e. The molecular weight excluding hydrogens is 366 g/mol. The zero-order valence-electron chi connectivity index (χ0n) is 16.3. The number of hydrazone groups is 1. The quantitative estimate of drug-likeness (QED) is 0.550. The normalized spacial score (nSPS) is 14.4. The number of rotatable bonds is 4. The summed E-state index contributed by atoms with van der Waals surface area (Å²) in [6, 6.07) is 15.1. The first-order valence-corrected chi connectivity index (χ1v) is 9.78. The summed E-state index contributed by atoms with van der Waals surface area (Å²) in [5.74, 6) is -0.460. The van der Waals surface area contributed by atoms with Crippen LogP contribution in [0.1, 0.15) is 35.3 Å². The maximum atomic E-state index is 12.6. The molecule has 1 aliphatic rings. The second-order valence-electron chi connectivity index (χ2n) is 7.16. The number of carbonyl (C=O) groups is 1. The molecule has 2 heterocycles. The first-order valence-electron chi connectivity index (χ1n) is 9.78. The van der Waals surface area contributed by atoms with Gasteiger partial charge in [-0.05, 0) is 43.0 Å². The summed E-state index contributed by atoms with van der Waals surface area (Å²) in [6.07, 6.45) is 5.38. The summed E-state index contributed by atoms with van der Waals surface area (Å²) in [4.78, 5) is 27.1. The van der Waals surface area contributed by atoms with E-state index in [0.717, 1.165) is 18.7 Å². The van der Waals surface area contributed by atoms with E-state index in [0.29, 0.717) is 10.8 Å². The standard InChI is InChI=1S/C22H23N5O2/c1-26-22(29)19-8-4-3-7-18(19)20(25-26)21(28)24-23-15-16-9-11-17(12-10-16)27-13-5-2-6-14-27/h3-4,7-12,15H,2,5-6,13-14H2,1H3,(H,24,28)/b23-15-. The number of piperidine rings is 1. The highest BCUT2D eigenvalue weighted by molar-refractivity contribution is 6.04. The van der Waals surface area contributed by atoms with Crippen molar-refractivity contribution in [3.63, 3.8) is 0 Å². The van der Waals surface area contributed by atoms with Gasteiger partial charge in [-0.15, -0.1) is 0 Å². The third-order valence-corrected chi connectivity index (χ3v) is 5.17. The Balaban J connectivity index is 1.47. The predicted molar refractivity (Wildman–Crippen MR) is 115 cm³/mol. The first kappa shape index (κ1) is 18.9. The third kappa shape index (κ3) is 4.03. The number of amides is 1. The van der Waals surface area contributed by atoms with Gasteiger partial charge in [0.2, 0.25) is 0 Å². The molecule has 1 N–H and O–H groups in total. The Morgan fingerprint density at radius 2 is 1.72 bits per heavy atom. The van der Waals surface area contributed by atoms with Gasteiger partial charge in [0.1, 0.15) is 0 Å². The van der Waals surface area contributed by atoms with Gasteiger partial charge in [-0.25, -0.2) is 10.1 Å². The second-order valence-corrected chi connectivity index (χ2v) is 7.16. The largest absolute Gasteiger partial charge is 0.372 e. The smallest absolute Gasteiger partial charge is 0.292 e. The van der Waals surface area contributed by atoms with Gasteiger partial charge >= 0.3 is 0 Å². The van der Waals surface area contributed by atoms with Crippen molar-refractivity contribution in [3.05, 3.63) is 70.1 Å². The number of nitrogens with zero attached hydrogens (tertiary/aromatic N) is 4. The molecule has 1 saturated heterocycles. The molecule has 0 saturated carbocycles. The Hall–Kier alpha value is -3.48. The molecule has 0 atom stereocenters. The first-order chi connectivity index (χ1) is 14.1. The molecule has 0 aliphatic carbocycles. The number of aryl methyl sites for hydroxylation is 1. The van der Waals surface area contributed by atoms with E-state index in [9.17, 15) is 9.59 Å². The van der Waals surface area contributed by atoms with E-state index in [-0.39, 0.29) is 11.3 Å². The highest BCUT2D eigenvalue weighted by atomic mass is 16.2. The van der Waals surface area contributed by atoms with Crippen LogP contribution in [0.3, 0.4) is 0 Å². The molecule has 3 aromatic rings. The fourth-order valence-electron chi connectivity index (χ4n) is 3.61. The van der Waals surface area contributed by atoms with E-state index in [2.05, 4.69) is 32.7 Å². The van der Waals surface area contributed by atoms with Crippen molar-refractivity contribution < 1.29 is 4.79 Å². The average molecular weight is 389 g/mol. The monoisotopic (exact) mass is 389 g/mol. The van der Waals surface area contributed by atoms with E-state index in [1.54, 1.807) is 30.5 Å². The van der Waals surface area contributed by atoms with Crippen LogP contribution in [0.15, 0.2) is 58.4 Å². The minimum atomic E-state index is -0.460. The summed E-state index contributed by atoms with van der Waals surface area (Å²) in [6.45, 7) is 2.20. The van der Waals surface area contributed by atoms with E-state index in [4.69, 9.17) is 0 Å². The van der Waals surface area contributed by atoms with Gasteiger partial charge < -0.3 is 4.90 Å². The molecule has 1 amide bonds. The van der Waals surface area contributed by atoms with E-state index in [1.807, 2.05) is 12.1 Å². The Labute approximate surface area is 168 Å². The summed E-state index contributed by atoms with van der Waals surface area (Å²) >= 11 is 0. The van der Waals surface area contributed by atoms with Crippen molar-refractivity contribution >= 4 is 28.6 Å². The summed E-state index contributed by atoms with van der Waals surface area (Å²) in [5.41, 5.74) is 4.54. The summed E-state index contributed by atoms with van der Waals surface area (Å²) in [5, 5.41) is 9.12. The second kappa shape index (κ2) is 8.26. The van der Waals surface area contributed by atoms with Crippen molar-refractivity contribution in [2.75, 3.05) is 18.0 Å². The van der Waals surface area contributed by atoms with Gasteiger partial charge in [-0.2, -0.15) is 10.2 Å².